The maximum absolute atomic E-state index is 12.3. The van der Waals surface area contributed by atoms with Crippen LogP contribution in [-0.2, 0) is 9.53 Å². The van der Waals surface area contributed by atoms with Crippen molar-refractivity contribution in [3.63, 3.8) is 0 Å². The standard InChI is InChI=1S/C19H22N4O3/c1-13-7-8-15(22-19(25)21-14-5-3-2-4-6-14)11-16(13)23-18(24)17-12-20-9-10-26-17/h2-8,11,17,20H,9-10,12H2,1H3,(H,23,24)(H2,21,22,25). The van der Waals surface area contributed by atoms with Crippen molar-refractivity contribution in [1.29, 1.82) is 0 Å². The third-order valence-corrected chi connectivity index (χ3v) is 4.01. The lowest BCUT2D eigenvalue weighted by atomic mass is 10.1. The van der Waals surface area contributed by atoms with Crippen LogP contribution in [0, 0.1) is 6.92 Å². The Balaban J connectivity index is 1.63. The van der Waals surface area contributed by atoms with Crippen molar-refractivity contribution in [2.24, 2.45) is 0 Å². The molecule has 1 atom stereocenters. The van der Waals surface area contributed by atoms with Gasteiger partial charge in [0.1, 0.15) is 6.10 Å². The van der Waals surface area contributed by atoms with Gasteiger partial charge in [-0.25, -0.2) is 4.79 Å². The van der Waals surface area contributed by atoms with Crippen LogP contribution in [0.2, 0.25) is 0 Å². The second kappa shape index (κ2) is 8.46. The first-order chi connectivity index (χ1) is 12.6. The van der Waals surface area contributed by atoms with E-state index in [1.807, 2.05) is 31.2 Å². The number of anilines is 3. The predicted octanol–water partition coefficient (Wildman–Crippen LogP) is 2.57. The number of nitrogens with one attached hydrogen (secondary N) is 4. The topological polar surface area (TPSA) is 91.5 Å². The summed E-state index contributed by atoms with van der Waals surface area (Å²) >= 11 is 0. The molecule has 0 aromatic heterocycles. The maximum Gasteiger partial charge on any atom is 0.323 e. The van der Waals surface area contributed by atoms with Crippen LogP contribution in [0.3, 0.4) is 0 Å². The van der Waals surface area contributed by atoms with Crippen LogP contribution in [0.1, 0.15) is 5.56 Å². The van der Waals surface area contributed by atoms with E-state index in [1.165, 1.54) is 0 Å². The first-order valence-electron chi connectivity index (χ1n) is 8.49. The monoisotopic (exact) mass is 354 g/mol. The summed E-state index contributed by atoms with van der Waals surface area (Å²) < 4.78 is 5.46. The number of para-hydroxylation sites is 1. The molecule has 1 fully saturated rings. The third-order valence-electron chi connectivity index (χ3n) is 4.01. The Bertz CT molecular complexity index is 774. The minimum Gasteiger partial charge on any atom is -0.366 e. The normalized spacial score (nSPS) is 16.6. The van der Waals surface area contributed by atoms with Crippen molar-refractivity contribution < 1.29 is 14.3 Å². The highest BCUT2D eigenvalue weighted by atomic mass is 16.5. The van der Waals surface area contributed by atoms with E-state index in [1.54, 1.807) is 24.3 Å². The number of amides is 3. The number of urea groups is 1. The van der Waals surface area contributed by atoms with E-state index in [9.17, 15) is 9.59 Å². The summed E-state index contributed by atoms with van der Waals surface area (Å²) in [5.41, 5.74) is 2.83. The second-order valence-corrected chi connectivity index (χ2v) is 6.03. The molecule has 1 saturated heterocycles. The zero-order valence-corrected chi connectivity index (χ0v) is 14.5. The van der Waals surface area contributed by atoms with E-state index in [2.05, 4.69) is 21.3 Å². The number of benzene rings is 2. The van der Waals surface area contributed by atoms with Gasteiger partial charge in [-0.2, -0.15) is 0 Å². The van der Waals surface area contributed by atoms with Gasteiger partial charge in [-0.3, -0.25) is 4.79 Å². The van der Waals surface area contributed by atoms with Crippen LogP contribution in [0.4, 0.5) is 21.9 Å². The van der Waals surface area contributed by atoms with E-state index in [0.717, 1.165) is 12.1 Å². The molecule has 0 spiro atoms. The largest absolute Gasteiger partial charge is 0.366 e. The lowest BCUT2D eigenvalue weighted by molar-refractivity contribution is -0.128. The number of rotatable bonds is 4. The number of hydrogen-bond donors (Lipinski definition) is 4. The summed E-state index contributed by atoms with van der Waals surface area (Å²) in [5.74, 6) is -0.203. The molecule has 0 radical (unpaired) electrons. The molecule has 7 heteroatoms. The van der Waals surface area contributed by atoms with Crippen LogP contribution in [0.5, 0.6) is 0 Å². The summed E-state index contributed by atoms with van der Waals surface area (Å²) in [5, 5.41) is 11.5. The SMILES string of the molecule is Cc1ccc(NC(=O)Nc2ccccc2)cc1NC(=O)C1CNCCO1. The quantitative estimate of drug-likeness (QED) is 0.679. The van der Waals surface area contributed by atoms with Gasteiger partial charge in [-0.15, -0.1) is 0 Å². The lowest BCUT2D eigenvalue weighted by Gasteiger charge is -2.23. The molecule has 3 amide bonds. The number of morpholine rings is 1. The van der Waals surface area contributed by atoms with Gasteiger partial charge in [0.25, 0.3) is 5.91 Å². The predicted molar refractivity (Wildman–Crippen MR) is 102 cm³/mol. The fourth-order valence-corrected chi connectivity index (χ4v) is 2.60. The van der Waals surface area contributed by atoms with Crippen molar-refractivity contribution in [3.8, 4) is 0 Å². The van der Waals surface area contributed by atoms with Crippen molar-refractivity contribution in [1.82, 2.24) is 5.32 Å². The summed E-state index contributed by atoms with van der Waals surface area (Å²) in [7, 11) is 0. The Morgan fingerprint density at radius 2 is 1.81 bits per heavy atom. The summed E-state index contributed by atoms with van der Waals surface area (Å²) in [6, 6.07) is 14.2. The van der Waals surface area contributed by atoms with E-state index < -0.39 is 6.10 Å². The molecule has 2 aromatic rings. The molecule has 26 heavy (non-hydrogen) atoms. The minimum absolute atomic E-state index is 0.203. The van der Waals surface area contributed by atoms with Crippen molar-refractivity contribution in [2.75, 3.05) is 35.6 Å². The minimum atomic E-state index is -0.513. The molecule has 7 nitrogen and oxygen atoms in total. The summed E-state index contributed by atoms with van der Waals surface area (Å²) in [6.07, 6.45) is -0.513. The molecule has 3 rings (SSSR count). The number of carbonyl (C=O) groups excluding carboxylic acids is 2. The smallest absolute Gasteiger partial charge is 0.323 e. The first-order valence-corrected chi connectivity index (χ1v) is 8.49. The molecule has 136 valence electrons. The highest BCUT2D eigenvalue weighted by molar-refractivity contribution is 6.01. The molecular weight excluding hydrogens is 332 g/mol. The van der Waals surface area contributed by atoms with Gasteiger partial charge in [0.05, 0.1) is 6.61 Å². The van der Waals surface area contributed by atoms with Crippen molar-refractivity contribution in [3.05, 3.63) is 54.1 Å². The zero-order chi connectivity index (χ0) is 18.4. The zero-order valence-electron chi connectivity index (χ0n) is 14.5. The Morgan fingerprint density at radius 1 is 1.04 bits per heavy atom. The van der Waals surface area contributed by atoms with Crippen LogP contribution in [0.25, 0.3) is 0 Å². The fourth-order valence-electron chi connectivity index (χ4n) is 2.60. The molecule has 1 aliphatic heterocycles. The number of carbonyl (C=O) groups is 2. The van der Waals surface area contributed by atoms with Crippen molar-refractivity contribution >= 4 is 29.0 Å². The third kappa shape index (κ3) is 4.81. The lowest BCUT2D eigenvalue weighted by Crippen LogP contribution is -2.45. The Labute approximate surface area is 152 Å². The van der Waals surface area contributed by atoms with Crippen LogP contribution >= 0.6 is 0 Å². The summed E-state index contributed by atoms with van der Waals surface area (Å²) in [6.45, 7) is 3.64. The van der Waals surface area contributed by atoms with Gasteiger partial charge in [-0.1, -0.05) is 24.3 Å². The van der Waals surface area contributed by atoms with E-state index in [0.29, 0.717) is 30.2 Å². The van der Waals surface area contributed by atoms with E-state index in [-0.39, 0.29) is 11.9 Å². The van der Waals surface area contributed by atoms with Gasteiger partial charge < -0.3 is 26.0 Å². The van der Waals surface area contributed by atoms with Gasteiger partial charge in [0.15, 0.2) is 0 Å². The molecule has 0 saturated carbocycles. The molecule has 0 aliphatic carbocycles. The highest BCUT2D eigenvalue weighted by Gasteiger charge is 2.22. The Hall–Kier alpha value is -2.90. The molecule has 1 aliphatic rings. The van der Waals surface area contributed by atoms with Gasteiger partial charge in [0.2, 0.25) is 0 Å². The maximum atomic E-state index is 12.3. The van der Waals surface area contributed by atoms with Crippen LogP contribution in [0.15, 0.2) is 48.5 Å². The number of aryl methyl sites for hydroxylation is 1. The summed E-state index contributed by atoms with van der Waals surface area (Å²) in [4.78, 5) is 24.4. The molecule has 1 heterocycles. The van der Waals surface area contributed by atoms with Gasteiger partial charge in [0, 0.05) is 30.2 Å². The van der Waals surface area contributed by atoms with Gasteiger partial charge in [-0.05, 0) is 36.8 Å². The highest BCUT2D eigenvalue weighted by Crippen LogP contribution is 2.21. The molecule has 2 aromatic carbocycles. The average molecular weight is 354 g/mol. The van der Waals surface area contributed by atoms with Crippen molar-refractivity contribution in [2.45, 2.75) is 13.0 Å². The van der Waals surface area contributed by atoms with Crippen LogP contribution in [-0.4, -0.2) is 37.7 Å². The number of ether oxygens (including phenoxy) is 1. The molecule has 0 bridgehead atoms. The fraction of sp³-hybridized carbons (Fsp3) is 0.263. The van der Waals surface area contributed by atoms with E-state index >= 15 is 0 Å². The molecule has 4 N–H and O–H groups in total. The van der Waals surface area contributed by atoms with Gasteiger partial charge >= 0.3 is 6.03 Å². The Kier molecular flexibility index (Phi) is 5.83. The first kappa shape index (κ1) is 17.9. The van der Waals surface area contributed by atoms with E-state index in [4.69, 9.17) is 4.74 Å². The second-order valence-electron chi connectivity index (χ2n) is 6.03. The van der Waals surface area contributed by atoms with Crippen LogP contribution < -0.4 is 21.3 Å². The number of hydrogen-bond acceptors (Lipinski definition) is 4. The average Bonchev–Trinajstić information content (AvgIpc) is 2.66. The molecule has 1 unspecified atom stereocenters. The molecular formula is C19H22N4O3. The Morgan fingerprint density at radius 3 is 2.54 bits per heavy atom.